The molecule has 212 valence electrons. The number of alkyl carbamates (subject to hydrolysis) is 1. The molecule has 0 saturated heterocycles. The minimum Gasteiger partial charge on any atom is -0.465 e. The molecule has 0 aromatic carbocycles. The lowest BCUT2D eigenvalue weighted by Crippen LogP contribution is -2.49. The van der Waals surface area contributed by atoms with Crippen LogP contribution in [0.1, 0.15) is 52.1 Å². The Kier molecular flexibility index (Phi) is 8.24. The second-order valence-electron chi connectivity index (χ2n) is 10.5. The van der Waals surface area contributed by atoms with E-state index in [2.05, 4.69) is 30.9 Å². The number of hydrogen-bond donors (Lipinski definition) is 3. The van der Waals surface area contributed by atoms with Crippen LogP contribution in [0.3, 0.4) is 0 Å². The number of aryl methyl sites for hydroxylation is 1. The number of nitrogens with zero attached hydrogens (tertiary/aromatic N) is 6. The highest BCUT2D eigenvalue weighted by Gasteiger charge is 2.36. The molecule has 1 fully saturated rings. The lowest BCUT2D eigenvalue weighted by Gasteiger charge is -2.35. The first-order chi connectivity index (χ1) is 18.8. The Labute approximate surface area is 235 Å². The zero-order valence-electron chi connectivity index (χ0n) is 22.8. The molecule has 3 aromatic heterocycles. The molecule has 0 bridgehead atoms. The predicted octanol–water partition coefficient (Wildman–Crippen LogP) is 4.41. The summed E-state index contributed by atoms with van der Waals surface area (Å²) in [7, 11) is 1.58. The zero-order chi connectivity index (χ0) is 29.2. The Morgan fingerprint density at radius 3 is 2.52 bits per heavy atom. The van der Waals surface area contributed by atoms with Crippen LogP contribution < -0.4 is 15.5 Å². The molecule has 0 unspecified atom stereocenters. The second-order valence-corrected chi connectivity index (χ2v) is 10.9. The molecular weight excluding hydrogens is 540 g/mol. The molecular formula is C26H31ClN8O5. The van der Waals surface area contributed by atoms with Crippen LogP contribution in [0.15, 0.2) is 36.7 Å². The third kappa shape index (κ3) is 6.47. The molecule has 1 aliphatic carbocycles. The van der Waals surface area contributed by atoms with Crippen LogP contribution in [0.4, 0.5) is 21.1 Å². The minimum atomic E-state index is -1.23. The molecule has 0 radical (unpaired) electrons. The van der Waals surface area contributed by atoms with Crippen molar-refractivity contribution in [3.05, 3.63) is 47.4 Å². The van der Waals surface area contributed by atoms with E-state index in [1.165, 1.54) is 17.1 Å². The van der Waals surface area contributed by atoms with Gasteiger partial charge in [0.2, 0.25) is 5.91 Å². The summed E-state index contributed by atoms with van der Waals surface area (Å²) in [6, 6.07) is 5.83. The summed E-state index contributed by atoms with van der Waals surface area (Å²) < 4.78 is 6.59. The number of hydrogen-bond acceptors (Lipinski definition) is 8. The quantitative estimate of drug-likeness (QED) is 0.349. The average Bonchev–Trinajstić information content (AvgIpc) is 3.21. The highest BCUT2D eigenvalue weighted by atomic mass is 35.5. The van der Waals surface area contributed by atoms with Gasteiger partial charge in [0.25, 0.3) is 0 Å². The molecule has 1 saturated carbocycles. The van der Waals surface area contributed by atoms with Gasteiger partial charge in [0, 0.05) is 30.8 Å². The number of amides is 3. The number of nitrogens with one attached hydrogen (secondary N) is 2. The summed E-state index contributed by atoms with van der Waals surface area (Å²) in [4.78, 5) is 46.5. The van der Waals surface area contributed by atoms with Gasteiger partial charge in [-0.2, -0.15) is 0 Å². The first kappa shape index (κ1) is 28.7. The molecule has 1 aliphatic rings. The van der Waals surface area contributed by atoms with Crippen molar-refractivity contribution in [2.75, 3.05) is 10.2 Å². The third-order valence-corrected chi connectivity index (χ3v) is 6.68. The molecule has 1 atom stereocenters. The van der Waals surface area contributed by atoms with Crippen molar-refractivity contribution in [2.24, 2.45) is 13.0 Å². The van der Waals surface area contributed by atoms with Crippen LogP contribution >= 0.6 is 11.6 Å². The van der Waals surface area contributed by atoms with Crippen LogP contribution in [0.25, 0.3) is 11.4 Å². The summed E-state index contributed by atoms with van der Waals surface area (Å²) in [5, 5.41) is 24.1. The largest absolute Gasteiger partial charge is 0.465 e. The van der Waals surface area contributed by atoms with E-state index in [4.69, 9.17) is 16.3 Å². The van der Waals surface area contributed by atoms with Gasteiger partial charge in [-0.15, -0.1) is 5.10 Å². The molecule has 0 aliphatic heterocycles. The van der Waals surface area contributed by atoms with Crippen LogP contribution in [0.2, 0.25) is 5.15 Å². The molecule has 0 spiro atoms. The maximum atomic E-state index is 12.7. The van der Waals surface area contributed by atoms with Crippen molar-refractivity contribution in [1.29, 1.82) is 0 Å². The van der Waals surface area contributed by atoms with Gasteiger partial charge in [0.1, 0.15) is 10.8 Å². The van der Waals surface area contributed by atoms with E-state index in [1.54, 1.807) is 59.0 Å². The van der Waals surface area contributed by atoms with Gasteiger partial charge in [-0.1, -0.05) is 22.9 Å². The first-order valence-corrected chi connectivity index (χ1v) is 13.0. The van der Waals surface area contributed by atoms with Crippen molar-refractivity contribution >= 4 is 41.2 Å². The maximum absolute atomic E-state index is 12.7. The molecule has 3 amide bonds. The number of carbonyl (C=O) groups excluding carboxylic acids is 2. The molecule has 3 N–H and O–H groups in total. The molecule has 3 aromatic rings. The van der Waals surface area contributed by atoms with Gasteiger partial charge in [-0.25, -0.2) is 19.3 Å². The van der Waals surface area contributed by atoms with Crippen molar-refractivity contribution in [3.8, 4) is 11.4 Å². The predicted molar refractivity (Wildman–Crippen MR) is 147 cm³/mol. The standard InChI is InChI=1S/C26H31ClN8O5/c1-14(18-7-6-10-28-21(18)27)35(25(38)39)23-20(32-33-34(23)5)19-9-8-16(13-29-19)30-22(36)15-11-17(12-15)31-24(37)40-26(2,3)4/h6-10,13-15,17H,11-12H2,1-5H3,(H,30,36)(H,31,37)(H,38,39)/t14-,15?,17?/m1/s1. The van der Waals surface area contributed by atoms with Crippen LogP contribution in [-0.4, -0.2) is 59.8 Å². The fraction of sp³-hybridized carbons (Fsp3) is 0.423. The minimum absolute atomic E-state index is 0.123. The molecule has 3 heterocycles. The highest BCUT2D eigenvalue weighted by Crippen LogP contribution is 2.35. The summed E-state index contributed by atoms with van der Waals surface area (Å²) in [6.07, 6.45) is 2.26. The number of halogens is 1. The fourth-order valence-electron chi connectivity index (χ4n) is 4.35. The number of pyridine rings is 2. The zero-order valence-corrected chi connectivity index (χ0v) is 23.5. The summed E-state index contributed by atoms with van der Waals surface area (Å²) in [5.74, 6) is -0.241. The normalized spacial score (nSPS) is 17.4. The number of carboxylic acid groups (broad SMARTS) is 1. The van der Waals surface area contributed by atoms with Crippen LogP contribution in [-0.2, 0) is 16.6 Å². The van der Waals surface area contributed by atoms with Gasteiger partial charge in [-0.05, 0) is 58.7 Å². The molecule has 13 nitrogen and oxygen atoms in total. The molecule has 40 heavy (non-hydrogen) atoms. The van der Waals surface area contributed by atoms with Gasteiger partial charge >= 0.3 is 12.2 Å². The smallest absolute Gasteiger partial charge is 0.413 e. The summed E-state index contributed by atoms with van der Waals surface area (Å²) in [5.41, 5.74) is 0.997. The van der Waals surface area contributed by atoms with Gasteiger partial charge in [0.05, 0.1) is 23.6 Å². The monoisotopic (exact) mass is 570 g/mol. The van der Waals surface area contributed by atoms with Gasteiger partial charge in [-0.3, -0.25) is 14.7 Å². The Morgan fingerprint density at radius 2 is 1.93 bits per heavy atom. The fourth-order valence-corrected chi connectivity index (χ4v) is 4.63. The van der Waals surface area contributed by atoms with Crippen molar-refractivity contribution < 1.29 is 24.2 Å². The topological polar surface area (TPSA) is 164 Å². The van der Waals surface area contributed by atoms with E-state index in [1.807, 2.05) is 0 Å². The van der Waals surface area contributed by atoms with E-state index in [0.29, 0.717) is 29.8 Å². The number of rotatable bonds is 7. The van der Waals surface area contributed by atoms with Crippen LogP contribution in [0, 0.1) is 5.92 Å². The Hall–Kier alpha value is -4.26. The lowest BCUT2D eigenvalue weighted by atomic mass is 9.79. The van der Waals surface area contributed by atoms with Crippen LogP contribution in [0.5, 0.6) is 0 Å². The first-order valence-electron chi connectivity index (χ1n) is 12.6. The van der Waals surface area contributed by atoms with E-state index in [0.717, 1.165) is 4.90 Å². The number of carbonyl (C=O) groups is 3. The number of ether oxygens (including phenoxy) is 1. The van der Waals surface area contributed by atoms with Crippen molar-refractivity contribution in [3.63, 3.8) is 0 Å². The van der Waals surface area contributed by atoms with E-state index < -0.39 is 23.8 Å². The number of anilines is 2. The summed E-state index contributed by atoms with van der Waals surface area (Å²) >= 11 is 6.23. The Morgan fingerprint density at radius 1 is 1.20 bits per heavy atom. The maximum Gasteiger partial charge on any atom is 0.413 e. The Balaban J connectivity index is 1.43. The van der Waals surface area contributed by atoms with Crippen molar-refractivity contribution in [1.82, 2.24) is 30.3 Å². The van der Waals surface area contributed by atoms with Gasteiger partial charge < -0.3 is 20.5 Å². The highest BCUT2D eigenvalue weighted by molar-refractivity contribution is 6.30. The third-order valence-electron chi connectivity index (χ3n) is 6.36. The average molecular weight is 571 g/mol. The Bertz CT molecular complexity index is 1400. The van der Waals surface area contributed by atoms with Crippen molar-refractivity contribution in [2.45, 2.75) is 58.2 Å². The van der Waals surface area contributed by atoms with E-state index >= 15 is 0 Å². The van der Waals surface area contributed by atoms with Gasteiger partial charge in [0.15, 0.2) is 11.5 Å². The lowest BCUT2D eigenvalue weighted by molar-refractivity contribution is -0.123. The summed E-state index contributed by atoms with van der Waals surface area (Å²) in [6.45, 7) is 7.05. The SMILES string of the molecule is C[C@H](c1cccnc1Cl)N(C(=O)O)c1c(-c2ccc(NC(=O)C3CC(NC(=O)OC(C)(C)C)C3)cn2)nnn1C. The molecule has 14 heteroatoms. The number of aromatic nitrogens is 5. The second kappa shape index (κ2) is 11.5. The van der Waals surface area contributed by atoms with E-state index in [9.17, 15) is 19.5 Å². The van der Waals surface area contributed by atoms with E-state index in [-0.39, 0.29) is 34.5 Å². The molecule has 4 rings (SSSR count).